The highest BCUT2D eigenvalue weighted by Gasteiger charge is 2.30. The predicted molar refractivity (Wildman–Crippen MR) is 69.6 cm³/mol. The van der Waals surface area contributed by atoms with E-state index in [0.717, 1.165) is 12.1 Å². The van der Waals surface area contributed by atoms with Crippen LogP contribution in [0.1, 0.15) is 13.8 Å². The molecule has 0 aliphatic heterocycles. The van der Waals surface area contributed by atoms with Gasteiger partial charge >= 0.3 is 12.6 Å². The van der Waals surface area contributed by atoms with Gasteiger partial charge in [0.1, 0.15) is 22.5 Å². The van der Waals surface area contributed by atoms with Gasteiger partial charge in [0.2, 0.25) is 10.0 Å². The van der Waals surface area contributed by atoms with Gasteiger partial charge in [0.05, 0.1) is 0 Å². The van der Waals surface area contributed by atoms with E-state index < -0.39 is 51.0 Å². The Hall–Kier alpha value is -1.81. The maximum atomic E-state index is 13.2. The molecule has 0 fully saturated rings. The summed E-state index contributed by atoms with van der Waals surface area (Å²) in [5.41, 5.74) is 0. The number of ether oxygens (including phenoxy) is 1. The lowest BCUT2D eigenvalue weighted by Crippen LogP contribution is -2.44. The standard InChI is InChI=1S/C12H14F3NO5S/c1-6(2)10(11(17)18)16-22(19,20)9-5-7(13)3-4-8(9)21-12(14)15/h3-6,10,12,16H,1-2H3,(H,17,18). The molecule has 0 bridgehead atoms. The highest BCUT2D eigenvalue weighted by Crippen LogP contribution is 2.26. The molecule has 0 amide bonds. The third kappa shape index (κ3) is 4.60. The van der Waals surface area contributed by atoms with Crippen LogP contribution in [0.25, 0.3) is 0 Å². The fourth-order valence-electron chi connectivity index (χ4n) is 1.59. The molecule has 22 heavy (non-hydrogen) atoms. The van der Waals surface area contributed by atoms with Gasteiger partial charge in [-0.25, -0.2) is 12.8 Å². The smallest absolute Gasteiger partial charge is 0.387 e. The van der Waals surface area contributed by atoms with Gasteiger partial charge in [-0.2, -0.15) is 13.5 Å². The van der Waals surface area contributed by atoms with Crippen molar-refractivity contribution < 1.29 is 36.2 Å². The highest BCUT2D eigenvalue weighted by atomic mass is 32.2. The summed E-state index contributed by atoms with van der Waals surface area (Å²) in [6.07, 6.45) is 0. The quantitative estimate of drug-likeness (QED) is 0.789. The van der Waals surface area contributed by atoms with Gasteiger partial charge in [0.15, 0.2) is 0 Å². The molecule has 0 radical (unpaired) electrons. The lowest BCUT2D eigenvalue weighted by molar-refractivity contribution is -0.140. The molecule has 1 unspecified atom stereocenters. The van der Waals surface area contributed by atoms with Gasteiger partial charge in [-0.05, 0) is 24.1 Å². The molecule has 1 aromatic carbocycles. The van der Waals surface area contributed by atoms with E-state index >= 15 is 0 Å². The molecule has 0 spiro atoms. The van der Waals surface area contributed by atoms with Crippen LogP contribution in [0.15, 0.2) is 23.1 Å². The van der Waals surface area contributed by atoms with Gasteiger partial charge in [-0.15, -0.1) is 0 Å². The lowest BCUT2D eigenvalue weighted by Gasteiger charge is -2.19. The van der Waals surface area contributed by atoms with Crippen molar-refractivity contribution in [3.8, 4) is 5.75 Å². The fraction of sp³-hybridized carbons (Fsp3) is 0.417. The number of aliphatic carboxylic acids is 1. The molecule has 0 aromatic heterocycles. The van der Waals surface area contributed by atoms with E-state index in [-0.39, 0.29) is 0 Å². The normalized spacial score (nSPS) is 13.4. The summed E-state index contributed by atoms with van der Waals surface area (Å²) in [6, 6.07) is 0.432. The fourth-order valence-corrected chi connectivity index (χ4v) is 3.07. The highest BCUT2D eigenvalue weighted by molar-refractivity contribution is 7.89. The van der Waals surface area contributed by atoms with Crippen molar-refractivity contribution >= 4 is 16.0 Å². The topological polar surface area (TPSA) is 92.7 Å². The van der Waals surface area contributed by atoms with Crippen LogP contribution < -0.4 is 9.46 Å². The van der Waals surface area contributed by atoms with Crippen LogP contribution in [-0.2, 0) is 14.8 Å². The van der Waals surface area contributed by atoms with Crippen LogP contribution in [-0.4, -0.2) is 32.1 Å². The minimum absolute atomic E-state index is 0.472. The van der Waals surface area contributed by atoms with Crippen molar-refractivity contribution in [3.63, 3.8) is 0 Å². The summed E-state index contributed by atoms with van der Waals surface area (Å²) >= 11 is 0. The maximum absolute atomic E-state index is 13.2. The third-order valence-corrected chi connectivity index (χ3v) is 4.09. The summed E-state index contributed by atoms with van der Waals surface area (Å²) in [5, 5.41) is 8.97. The molecule has 0 aliphatic rings. The Kier molecular flexibility index (Phi) is 5.78. The Labute approximate surface area is 124 Å². The van der Waals surface area contributed by atoms with Crippen molar-refractivity contribution in [3.05, 3.63) is 24.0 Å². The van der Waals surface area contributed by atoms with E-state index in [1.165, 1.54) is 13.8 Å². The number of carboxylic acid groups (broad SMARTS) is 1. The molecule has 1 rings (SSSR count). The van der Waals surface area contributed by atoms with E-state index in [4.69, 9.17) is 5.11 Å². The predicted octanol–water partition coefficient (Wildman–Crippen LogP) is 1.81. The second-order valence-electron chi connectivity index (χ2n) is 4.65. The molecule has 6 nitrogen and oxygen atoms in total. The SMILES string of the molecule is CC(C)C(NS(=O)(=O)c1cc(F)ccc1OC(F)F)C(=O)O. The number of hydrogen-bond acceptors (Lipinski definition) is 4. The van der Waals surface area contributed by atoms with Crippen molar-refractivity contribution in [2.24, 2.45) is 5.92 Å². The Morgan fingerprint density at radius 3 is 2.36 bits per heavy atom. The number of rotatable bonds is 7. The van der Waals surface area contributed by atoms with E-state index in [0.29, 0.717) is 6.07 Å². The largest absolute Gasteiger partial charge is 0.480 e. The van der Waals surface area contributed by atoms with Crippen LogP contribution in [0.4, 0.5) is 13.2 Å². The molecule has 1 aromatic rings. The molecular formula is C12H14F3NO5S. The molecule has 10 heteroatoms. The van der Waals surface area contributed by atoms with Gasteiger partial charge in [0, 0.05) is 0 Å². The Morgan fingerprint density at radius 2 is 1.91 bits per heavy atom. The molecule has 1 atom stereocenters. The van der Waals surface area contributed by atoms with Crippen LogP contribution in [0.2, 0.25) is 0 Å². The second-order valence-corrected chi connectivity index (χ2v) is 6.33. The number of hydrogen-bond donors (Lipinski definition) is 2. The summed E-state index contributed by atoms with van der Waals surface area (Å²) in [6.45, 7) is -0.424. The van der Waals surface area contributed by atoms with Crippen molar-refractivity contribution in [1.82, 2.24) is 4.72 Å². The lowest BCUT2D eigenvalue weighted by atomic mass is 10.1. The van der Waals surface area contributed by atoms with Crippen molar-refractivity contribution in [1.29, 1.82) is 0 Å². The second kappa shape index (κ2) is 6.97. The van der Waals surface area contributed by atoms with Gasteiger partial charge in [0.25, 0.3) is 0 Å². The first-order valence-corrected chi connectivity index (χ1v) is 7.52. The first kappa shape index (κ1) is 18.2. The Bertz CT molecular complexity index is 648. The Balaban J connectivity index is 3.27. The summed E-state index contributed by atoms with van der Waals surface area (Å²) < 4.78 is 67.9. The summed E-state index contributed by atoms with van der Waals surface area (Å²) in [5.74, 6) is -3.86. The van der Waals surface area contributed by atoms with Gasteiger partial charge in [-0.3, -0.25) is 4.79 Å². The zero-order chi connectivity index (χ0) is 17.1. The first-order valence-electron chi connectivity index (χ1n) is 6.04. The minimum atomic E-state index is -4.58. The zero-order valence-electron chi connectivity index (χ0n) is 11.6. The molecule has 2 N–H and O–H groups in total. The van der Waals surface area contributed by atoms with Crippen LogP contribution in [0.3, 0.4) is 0 Å². The number of sulfonamides is 1. The van der Waals surface area contributed by atoms with E-state index in [1.54, 1.807) is 0 Å². The third-order valence-electron chi connectivity index (χ3n) is 2.63. The van der Waals surface area contributed by atoms with E-state index in [9.17, 15) is 26.4 Å². The molecule has 0 aliphatic carbocycles. The number of halogens is 3. The van der Waals surface area contributed by atoms with Crippen molar-refractivity contribution in [2.45, 2.75) is 31.4 Å². The number of benzene rings is 1. The number of carbonyl (C=O) groups is 1. The molecule has 0 saturated carbocycles. The zero-order valence-corrected chi connectivity index (χ0v) is 12.4. The molecule has 0 heterocycles. The number of alkyl halides is 2. The molecular weight excluding hydrogens is 327 g/mol. The van der Waals surface area contributed by atoms with Crippen molar-refractivity contribution in [2.75, 3.05) is 0 Å². The molecule has 124 valence electrons. The average molecular weight is 341 g/mol. The van der Waals surface area contributed by atoms with Crippen LogP contribution in [0, 0.1) is 11.7 Å². The molecule has 0 saturated heterocycles. The maximum Gasteiger partial charge on any atom is 0.387 e. The van der Waals surface area contributed by atoms with E-state index in [2.05, 4.69) is 4.74 Å². The van der Waals surface area contributed by atoms with Crippen LogP contribution in [0.5, 0.6) is 5.75 Å². The van der Waals surface area contributed by atoms with Crippen LogP contribution >= 0.6 is 0 Å². The van der Waals surface area contributed by atoms with Gasteiger partial charge < -0.3 is 9.84 Å². The monoisotopic (exact) mass is 341 g/mol. The summed E-state index contributed by atoms with van der Waals surface area (Å²) in [7, 11) is -4.58. The number of nitrogens with one attached hydrogen (secondary N) is 1. The van der Waals surface area contributed by atoms with Gasteiger partial charge in [-0.1, -0.05) is 13.8 Å². The average Bonchev–Trinajstić information content (AvgIpc) is 2.37. The van der Waals surface area contributed by atoms with E-state index in [1.807, 2.05) is 4.72 Å². The summed E-state index contributed by atoms with van der Waals surface area (Å²) in [4.78, 5) is 10.1. The first-order chi connectivity index (χ1) is 10.0. The Morgan fingerprint density at radius 1 is 1.32 bits per heavy atom. The number of carboxylic acids is 1. The minimum Gasteiger partial charge on any atom is -0.480 e.